The molecule has 0 radical (unpaired) electrons. The predicted octanol–water partition coefficient (Wildman–Crippen LogP) is -1.09. The van der Waals surface area contributed by atoms with E-state index in [-0.39, 0.29) is 6.79 Å². The van der Waals surface area contributed by atoms with Crippen molar-refractivity contribution in [1.29, 1.82) is 0 Å². The van der Waals surface area contributed by atoms with Crippen LogP contribution in [-0.2, 0) is 23.8 Å². The lowest BCUT2D eigenvalue weighted by Gasteiger charge is -2.27. The van der Waals surface area contributed by atoms with E-state index in [0.29, 0.717) is 0 Å². The molecule has 3 heterocycles. The molecule has 7 nitrogen and oxygen atoms in total. The molecule has 2 N–H and O–H groups in total. The fourth-order valence-corrected chi connectivity index (χ4v) is 2.86. The van der Waals surface area contributed by atoms with Crippen LogP contribution in [0.4, 0.5) is 0 Å². The third kappa shape index (κ3) is 1.07. The van der Waals surface area contributed by atoms with E-state index in [1.165, 1.54) is 0 Å². The van der Waals surface area contributed by atoms with Gasteiger partial charge in [-0.2, -0.15) is 0 Å². The van der Waals surface area contributed by atoms with E-state index in [9.17, 15) is 9.59 Å². The molecule has 3 saturated heterocycles. The lowest BCUT2D eigenvalue weighted by molar-refractivity contribution is -0.156. The molecule has 6 atom stereocenters. The van der Waals surface area contributed by atoms with Gasteiger partial charge in [-0.1, -0.05) is 0 Å². The minimum Gasteiger partial charge on any atom is -0.481 e. The Kier molecular flexibility index (Phi) is 1.97. The molecule has 0 unspecified atom stereocenters. The Morgan fingerprint density at radius 3 is 1.69 bits per heavy atom. The normalized spacial score (nSPS) is 49.2. The number of fused-ring (bicyclic) bond motifs is 5. The summed E-state index contributed by atoms with van der Waals surface area (Å²) < 4.78 is 15.8. The second-order valence-corrected chi connectivity index (χ2v) is 4.17. The van der Waals surface area contributed by atoms with Gasteiger partial charge in [0.25, 0.3) is 0 Å². The molecule has 3 fully saturated rings. The molecule has 0 amide bonds. The minimum absolute atomic E-state index is 0.0738. The molecule has 3 aliphatic heterocycles. The largest absolute Gasteiger partial charge is 0.481 e. The summed E-state index contributed by atoms with van der Waals surface area (Å²) in [4.78, 5) is 22.1. The molecule has 88 valence electrons. The minimum atomic E-state index is -1.16. The smallest absolute Gasteiger partial charge is 0.310 e. The Labute approximate surface area is 89.9 Å². The molecule has 0 aromatic heterocycles. The number of carboxylic acids is 2. The van der Waals surface area contributed by atoms with Crippen molar-refractivity contribution in [3.8, 4) is 0 Å². The summed E-state index contributed by atoms with van der Waals surface area (Å²) in [6, 6.07) is 0. The topological polar surface area (TPSA) is 102 Å². The summed E-state index contributed by atoms with van der Waals surface area (Å²) in [6.07, 6.45) is -2.31. The average molecular weight is 230 g/mol. The van der Waals surface area contributed by atoms with E-state index in [0.717, 1.165) is 0 Å². The SMILES string of the molecule is O=C(O)[C@@H]1[C@H]2O[C@H]([C@@H]3OCO[C@@H]32)[C@@H]1C(=O)O. The molecular weight excluding hydrogens is 220 g/mol. The monoisotopic (exact) mass is 230 g/mol. The van der Waals surface area contributed by atoms with Crippen molar-refractivity contribution in [1.82, 2.24) is 0 Å². The molecule has 0 aliphatic carbocycles. The first-order chi connectivity index (χ1) is 7.61. The van der Waals surface area contributed by atoms with Crippen molar-refractivity contribution in [3.05, 3.63) is 0 Å². The van der Waals surface area contributed by atoms with Crippen LogP contribution in [0.5, 0.6) is 0 Å². The van der Waals surface area contributed by atoms with E-state index in [4.69, 9.17) is 24.4 Å². The van der Waals surface area contributed by atoms with Crippen LogP contribution in [0, 0.1) is 11.8 Å². The van der Waals surface area contributed by atoms with Crippen LogP contribution in [0.3, 0.4) is 0 Å². The number of carboxylic acid groups (broad SMARTS) is 2. The highest BCUT2D eigenvalue weighted by atomic mass is 16.7. The zero-order chi connectivity index (χ0) is 11.4. The maximum absolute atomic E-state index is 11.1. The second-order valence-electron chi connectivity index (χ2n) is 4.17. The van der Waals surface area contributed by atoms with E-state index in [1.54, 1.807) is 0 Å². The van der Waals surface area contributed by atoms with Gasteiger partial charge in [0.2, 0.25) is 0 Å². The van der Waals surface area contributed by atoms with Crippen LogP contribution >= 0.6 is 0 Å². The van der Waals surface area contributed by atoms with E-state index < -0.39 is 48.2 Å². The van der Waals surface area contributed by atoms with Gasteiger partial charge in [-0.05, 0) is 0 Å². The molecule has 0 saturated carbocycles. The standard InChI is InChI=1S/C9H10O7/c10-8(11)2-3(9(12)13)5-7-6(4(2)16-5)14-1-15-7/h2-7H,1H2,(H,10,11)(H,12,13)/t2-,3+,4+,5-,6+,7-. The van der Waals surface area contributed by atoms with Crippen LogP contribution in [0.2, 0.25) is 0 Å². The molecular formula is C9H10O7. The third-order valence-corrected chi connectivity index (χ3v) is 3.47. The molecule has 0 aromatic carbocycles. The van der Waals surface area contributed by atoms with Gasteiger partial charge in [0.1, 0.15) is 43.0 Å². The summed E-state index contributed by atoms with van der Waals surface area (Å²) in [5.41, 5.74) is 0. The number of hydrogen-bond donors (Lipinski definition) is 2. The molecule has 0 spiro atoms. The fraction of sp³-hybridized carbons (Fsp3) is 0.778. The zero-order valence-corrected chi connectivity index (χ0v) is 8.11. The number of carbonyl (C=O) groups is 2. The third-order valence-electron chi connectivity index (χ3n) is 3.47. The quantitative estimate of drug-likeness (QED) is 0.621. The van der Waals surface area contributed by atoms with Gasteiger partial charge >= 0.3 is 11.9 Å². The molecule has 3 rings (SSSR count). The first-order valence-electron chi connectivity index (χ1n) is 4.95. The maximum Gasteiger partial charge on any atom is 0.310 e. The molecule has 2 bridgehead atoms. The van der Waals surface area contributed by atoms with E-state index in [1.807, 2.05) is 0 Å². The first-order valence-corrected chi connectivity index (χ1v) is 4.95. The van der Waals surface area contributed by atoms with Crippen molar-refractivity contribution in [2.45, 2.75) is 24.4 Å². The summed E-state index contributed by atoms with van der Waals surface area (Å²) in [6.45, 7) is 0.0738. The Bertz CT molecular complexity index is 322. The van der Waals surface area contributed by atoms with Gasteiger partial charge in [0, 0.05) is 0 Å². The van der Waals surface area contributed by atoms with Gasteiger partial charge in [-0.25, -0.2) is 0 Å². The summed E-state index contributed by atoms with van der Waals surface area (Å²) in [5.74, 6) is -4.42. The van der Waals surface area contributed by atoms with Crippen LogP contribution < -0.4 is 0 Å². The first kappa shape index (κ1) is 10.0. The van der Waals surface area contributed by atoms with Gasteiger partial charge in [0.05, 0.1) is 0 Å². The van der Waals surface area contributed by atoms with Crippen molar-refractivity contribution >= 4 is 11.9 Å². The zero-order valence-electron chi connectivity index (χ0n) is 8.11. The number of hydrogen-bond acceptors (Lipinski definition) is 5. The summed E-state index contributed by atoms with van der Waals surface area (Å²) in [7, 11) is 0. The van der Waals surface area contributed by atoms with Crippen molar-refractivity contribution in [2.24, 2.45) is 11.8 Å². The lowest BCUT2D eigenvalue weighted by Crippen LogP contribution is -2.50. The number of aliphatic carboxylic acids is 2. The fourth-order valence-electron chi connectivity index (χ4n) is 2.86. The van der Waals surface area contributed by atoms with Gasteiger partial charge in [0.15, 0.2) is 0 Å². The van der Waals surface area contributed by atoms with Gasteiger partial charge in [-0.3, -0.25) is 9.59 Å². The van der Waals surface area contributed by atoms with Crippen LogP contribution in [-0.4, -0.2) is 53.4 Å². The lowest BCUT2D eigenvalue weighted by atomic mass is 9.76. The van der Waals surface area contributed by atoms with E-state index >= 15 is 0 Å². The van der Waals surface area contributed by atoms with Gasteiger partial charge < -0.3 is 24.4 Å². The number of rotatable bonds is 2. The van der Waals surface area contributed by atoms with Crippen molar-refractivity contribution < 1.29 is 34.0 Å². The molecule has 7 heteroatoms. The van der Waals surface area contributed by atoms with Crippen molar-refractivity contribution in [2.75, 3.05) is 6.79 Å². The van der Waals surface area contributed by atoms with Crippen molar-refractivity contribution in [3.63, 3.8) is 0 Å². The van der Waals surface area contributed by atoms with Crippen LogP contribution in [0.15, 0.2) is 0 Å². The second kappa shape index (κ2) is 3.16. The van der Waals surface area contributed by atoms with Crippen LogP contribution in [0.25, 0.3) is 0 Å². The highest BCUT2D eigenvalue weighted by molar-refractivity contribution is 5.82. The highest BCUT2D eigenvalue weighted by Crippen LogP contribution is 2.48. The van der Waals surface area contributed by atoms with E-state index in [2.05, 4.69) is 0 Å². The van der Waals surface area contributed by atoms with Crippen LogP contribution in [0.1, 0.15) is 0 Å². The predicted molar refractivity (Wildman–Crippen MR) is 45.5 cm³/mol. The Morgan fingerprint density at radius 1 is 0.875 bits per heavy atom. The Hall–Kier alpha value is -1.18. The maximum atomic E-state index is 11.1. The number of ether oxygens (including phenoxy) is 3. The molecule has 0 aromatic rings. The summed E-state index contributed by atoms with van der Waals surface area (Å²) >= 11 is 0. The Morgan fingerprint density at radius 2 is 1.31 bits per heavy atom. The highest BCUT2D eigenvalue weighted by Gasteiger charge is 2.67. The Balaban J connectivity index is 1.95. The summed E-state index contributed by atoms with van der Waals surface area (Å²) in [5, 5.41) is 18.1. The molecule has 16 heavy (non-hydrogen) atoms. The molecule has 3 aliphatic rings. The van der Waals surface area contributed by atoms with Gasteiger partial charge in [-0.15, -0.1) is 0 Å². The average Bonchev–Trinajstić information content (AvgIpc) is 2.87.